The van der Waals surface area contributed by atoms with Gasteiger partial charge in [0.05, 0.1) is 12.7 Å². The van der Waals surface area contributed by atoms with Crippen LogP contribution in [0, 0.1) is 6.92 Å². The molecule has 3 heterocycles. The second-order valence-corrected chi connectivity index (χ2v) is 6.36. The van der Waals surface area contributed by atoms with Gasteiger partial charge in [-0.3, -0.25) is 14.2 Å². The zero-order valence-corrected chi connectivity index (χ0v) is 16.8. The zero-order valence-electron chi connectivity index (χ0n) is 16.0. The average molecular weight is 408 g/mol. The number of imidazole rings is 1. The summed E-state index contributed by atoms with van der Waals surface area (Å²) in [5, 5.41) is 0. The molecule has 0 unspecified atom stereocenters. The molecule has 0 aliphatic heterocycles. The first-order valence-electron chi connectivity index (χ1n) is 8.33. The fourth-order valence-electron chi connectivity index (χ4n) is 3.15. The van der Waals surface area contributed by atoms with Crippen LogP contribution in [0.3, 0.4) is 0 Å². The first kappa shape index (κ1) is 21.4. The number of carbonyl (C=O) groups excluding carboxylic acids is 1. The summed E-state index contributed by atoms with van der Waals surface area (Å²) >= 11 is 0. The first-order chi connectivity index (χ1) is 12.8. The van der Waals surface area contributed by atoms with Crippen LogP contribution in [0.1, 0.15) is 11.4 Å². The SMILES string of the molecule is COC(=O)[C@@H](N)Cc1ccc(-c2c(C)n(C)c(=O)n(C)c2=O)c2nccn12.Cl. The maximum Gasteiger partial charge on any atom is 0.330 e. The number of nitrogens with zero attached hydrogens (tertiary/aromatic N) is 4. The average Bonchev–Trinajstić information content (AvgIpc) is 3.16. The second kappa shape index (κ2) is 7.99. The van der Waals surface area contributed by atoms with Gasteiger partial charge in [-0.05, 0) is 19.1 Å². The number of nitrogens with two attached hydrogens (primary N) is 1. The largest absolute Gasteiger partial charge is 0.468 e. The summed E-state index contributed by atoms with van der Waals surface area (Å²) in [6.45, 7) is 1.72. The molecule has 3 aromatic heterocycles. The minimum Gasteiger partial charge on any atom is -0.468 e. The smallest absolute Gasteiger partial charge is 0.330 e. The van der Waals surface area contributed by atoms with Gasteiger partial charge in [0.2, 0.25) is 0 Å². The maximum atomic E-state index is 12.8. The molecule has 150 valence electrons. The minimum atomic E-state index is -0.807. The van der Waals surface area contributed by atoms with Crippen LogP contribution in [0.15, 0.2) is 34.1 Å². The molecule has 0 spiro atoms. The molecule has 0 aliphatic carbocycles. The summed E-state index contributed by atoms with van der Waals surface area (Å²) in [5.74, 6) is -0.505. The molecule has 28 heavy (non-hydrogen) atoms. The van der Waals surface area contributed by atoms with Crippen molar-refractivity contribution in [1.82, 2.24) is 18.5 Å². The first-order valence-corrected chi connectivity index (χ1v) is 8.33. The lowest BCUT2D eigenvalue weighted by molar-refractivity contribution is -0.142. The van der Waals surface area contributed by atoms with Crippen molar-refractivity contribution in [3.63, 3.8) is 0 Å². The molecule has 0 saturated carbocycles. The summed E-state index contributed by atoms with van der Waals surface area (Å²) in [7, 11) is 4.35. The molecule has 9 nitrogen and oxygen atoms in total. The lowest BCUT2D eigenvalue weighted by atomic mass is 10.0. The standard InChI is InChI=1S/C18H21N5O4.ClH/c1-10-14(16(24)22(3)18(26)21(10)2)12-6-5-11(9-13(19)17(25)27-4)23-8-7-20-15(12)23;/h5-8,13H,9,19H2,1-4H3;1H/t13-;/m0./s1. The molecule has 3 aromatic rings. The Morgan fingerprint density at radius 2 is 1.93 bits per heavy atom. The monoisotopic (exact) mass is 407 g/mol. The highest BCUT2D eigenvalue weighted by molar-refractivity contribution is 5.85. The molecule has 1 atom stereocenters. The predicted molar refractivity (Wildman–Crippen MR) is 107 cm³/mol. The van der Waals surface area contributed by atoms with E-state index in [4.69, 9.17) is 5.73 Å². The van der Waals surface area contributed by atoms with E-state index in [1.807, 2.05) is 0 Å². The third-order valence-electron chi connectivity index (χ3n) is 4.79. The van der Waals surface area contributed by atoms with Crippen LogP contribution in [0.2, 0.25) is 0 Å². The third kappa shape index (κ3) is 3.34. The van der Waals surface area contributed by atoms with Gasteiger partial charge in [0, 0.05) is 49.9 Å². The molecule has 0 aromatic carbocycles. The molecule has 3 rings (SSSR count). The third-order valence-corrected chi connectivity index (χ3v) is 4.79. The van der Waals surface area contributed by atoms with Crippen LogP contribution >= 0.6 is 12.4 Å². The molecule has 10 heteroatoms. The van der Waals surface area contributed by atoms with Crippen LogP contribution in [-0.2, 0) is 30.0 Å². The van der Waals surface area contributed by atoms with Gasteiger partial charge in [0.25, 0.3) is 5.56 Å². The Morgan fingerprint density at radius 3 is 2.57 bits per heavy atom. The molecule has 0 aliphatic rings. The quantitative estimate of drug-likeness (QED) is 0.617. The Hall–Kier alpha value is -2.91. The van der Waals surface area contributed by atoms with Crippen molar-refractivity contribution in [3.8, 4) is 11.1 Å². The van der Waals surface area contributed by atoms with Crippen molar-refractivity contribution in [2.75, 3.05) is 7.11 Å². The summed E-state index contributed by atoms with van der Waals surface area (Å²) in [6.07, 6.45) is 3.60. The van der Waals surface area contributed by atoms with E-state index < -0.39 is 12.0 Å². The van der Waals surface area contributed by atoms with Crippen molar-refractivity contribution >= 4 is 24.0 Å². The number of hydrogen-bond donors (Lipinski definition) is 1. The van der Waals surface area contributed by atoms with E-state index in [0.717, 1.165) is 10.3 Å². The molecule has 0 fully saturated rings. The number of rotatable bonds is 4. The summed E-state index contributed by atoms with van der Waals surface area (Å²) in [5.41, 5.74) is 7.95. The Labute approximate surface area is 166 Å². The highest BCUT2D eigenvalue weighted by Gasteiger charge is 2.20. The van der Waals surface area contributed by atoms with E-state index in [9.17, 15) is 14.4 Å². The minimum absolute atomic E-state index is 0. The number of ether oxygens (including phenoxy) is 1. The summed E-state index contributed by atoms with van der Waals surface area (Å²) in [6, 6.07) is 2.74. The maximum absolute atomic E-state index is 12.8. The van der Waals surface area contributed by atoms with Crippen LogP contribution in [0.4, 0.5) is 0 Å². The van der Waals surface area contributed by atoms with E-state index >= 15 is 0 Å². The number of halogens is 1. The lowest BCUT2D eigenvalue weighted by Crippen LogP contribution is -2.39. The highest BCUT2D eigenvalue weighted by atomic mass is 35.5. The Morgan fingerprint density at radius 1 is 1.25 bits per heavy atom. The Balaban J connectivity index is 0.00000280. The van der Waals surface area contributed by atoms with E-state index in [1.165, 1.54) is 18.7 Å². The number of esters is 1. The van der Waals surface area contributed by atoms with Gasteiger partial charge in [0.15, 0.2) is 0 Å². The molecular formula is C18H22ClN5O4. The molecule has 0 amide bonds. The normalized spacial score (nSPS) is 11.9. The van der Waals surface area contributed by atoms with E-state index in [2.05, 4.69) is 9.72 Å². The van der Waals surface area contributed by atoms with E-state index in [-0.39, 0.29) is 30.1 Å². The van der Waals surface area contributed by atoms with E-state index in [1.54, 1.807) is 42.9 Å². The number of hydrogen-bond acceptors (Lipinski definition) is 6. The molecule has 0 bridgehead atoms. The van der Waals surface area contributed by atoms with Gasteiger partial charge < -0.3 is 19.4 Å². The van der Waals surface area contributed by atoms with Crippen LogP contribution in [0.5, 0.6) is 0 Å². The van der Waals surface area contributed by atoms with Gasteiger partial charge in [-0.1, -0.05) is 0 Å². The van der Waals surface area contributed by atoms with Crippen molar-refractivity contribution in [3.05, 3.63) is 56.8 Å². The fourth-order valence-corrected chi connectivity index (χ4v) is 3.15. The van der Waals surface area contributed by atoms with Gasteiger partial charge in [0.1, 0.15) is 11.7 Å². The number of methoxy groups -OCH3 is 1. The lowest BCUT2D eigenvalue weighted by Gasteiger charge is -2.15. The summed E-state index contributed by atoms with van der Waals surface area (Å²) in [4.78, 5) is 40.9. The van der Waals surface area contributed by atoms with Crippen LogP contribution in [0.25, 0.3) is 16.8 Å². The number of fused-ring (bicyclic) bond motifs is 1. The topological polar surface area (TPSA) is 114 Å². The van der Waals surface area contributed by atoms with Gasteiger partial charge in [-0.15, -0.1) is 12.4 Å². The molecule has 0 radical (unpaired) electrons. The predicted octanol–water partition coefficient (Wildman–Crippen LogP) is 0.172. The van der Waals surface area contributed by atoms with E-state index in [0.29, 0.717) is 22.5 Å². The Bertz CT molecular complexity index is 1160. The fraction of sp³-hybridized carbons (Fsp3) is 0.333. The zero-order chi connectivity index (χ0) is 19.9. The van der Waals surface area contributed by atoms with Crippen molar-refractivity contribution in [1.29, 1.82) is 0 Å². The number of carbonyl (C=O) groups is 1. The van der Waals surface area contributed by atoms with Gasteiger partial charge in [-0.2, -0.15) is 0 Å². The second-order valence-electron chi connectivity index (χ2n) is 6.36. The van der Waals surface area contributed by atoms with Crippen LogP contribution < -0.4 is 17.0 Å². The van der Waals surface area contributed by atoms with Crippen LogP contribution in [-0.4, -0.2) is 37.6 Å². The van der Waals surface area contributed by atoms with Gasteiger partial charge >= 0.3 is 11.7 Å². The van der Waals surface area contributed by atoms with Crippen molar-refractivity contribution in [2.45, 2.75) is 19.4 Å². The molecule has 2 N–H and O–H groups in total. The number of aromatic nitrogens is 4. The van der Waals surface area contributed by atoms with Crippen molar-refractivity contribution < 1.29 is 9.53 Å². The number of pyridine rings is 1. The summed E-state index contributed by atoms with van der Waals surface area (Å²) < 4.78 is 8.95. The molecular weight excluding hydrogens is 386 g/mol. The van der Waals surface area contributed by atoms with Gasteiger partial charge in [-0.25, -0.2) is 9.78 Å². The molecule has 0 saturated heterocycles. The highest BCUT2D eigenvalue weighted by Crippen LogP contribution is 2.24. The van der Waals surface area contributed by atoms with Crippen molar-refractivity contribution in [2.24, 2.45) is 19.8 Å². The Kier molecular flexibility index (Phi) is 6.10.